The highest BCUT2D eigenvalue weighted by atomic mass is 19.4. The van der Waals surface area contributed by atoms with Gasteiger partial charge in [0, 0.05) is 59.8 Å². The number of alkyl halides is 3. The zero-order valence-corrected chi connectivity index (χ0v) is 21.6. The molecule has 0 aliphatic heterocycles. The summed E-state index contributed by atoms with van der Waals surface area (Å²) in [7, 11) is 2.73. The van der Waals surface area contributed by atoms with Gasteiger partial charge < -0.3 is 20.7 Å². The van der Waals surface area contributed by atoms with Gasteiger partial charge in [-0.15, -0.1) is 10.2 Å². The first-order valence-corrected chi connectivity index (χ1v) is 12.1. The van der Waals surface area contributed by atoms with Crippen LogP contribution in [0.5, 0.6) is 5.75 Å². The molecule has 0 unspecified atom stereocenters. The maximum atomic E-state index is 13.5. The predicted octanol–water partition coefficient (Wildman–Crippen LogP) is 3.81. The largest absolute Gasteiger partial charge is 0.494 e. The second-order valence-electron chi connectivity index (χ2n) is 9.08. The van der Waals surface area contributed by atoms with Gasteiger partial charge in [0.1, 0.15) is 0 Å². The maximum Gasteiger partial charge on any atom is 0.435 e. The first kappa shape index (κ1) is 23.8. The van der Waals surface area contributed by atoms with Gasteiger partial charge in [-0.05, 0) is 25.0 Å². The number of amides is 2. The van der Waals surface area contributed by atoms with E-state index in [9.17, 15) is 22.8 Å². The summed E-state index contributed by atoms with van der Waals surface area (Å²) >= 11 is 0. The van der Waals surface area contributed by atoms with Crippen LogP contribution in [0, 0.1) is 5.92 Å². The molecule has 3 heterocycles. The summed E-state index contributed by atoms with van der Waals surface area (Å²) in [6.45, 7) is -2.81. The fraction of sp³-hybridized carbons (Fsp3) is 0.269. The van der Waals surface area contributed by atoms with E-state index in [2.05, 4.69) is 35.9 Å². The van der Waals surface area contributed by atoms with E-state index in [1.54, 1.807) is 18.2 Å². The molecule has 5 rings (SSSR count). The molecule has 15 heteroatoms. The molecule has 0 atom stereocenters. The average Bonchev–Trinajstić information content (AvgIpc) is 3.72. The van der Waals surface area contributed by atoms with Crippen LogP contribution in [0.1, 0.15) is 33.1 Å². The van der Waals surface area contributed by atoms with Gasteiger partial charge in [-0.2, -0.15) is 18.3 Å². The molecule has 2 amide bonds. The molecule has 0 bridgehead atoms. The number of methoxy groups -OCH3 is 1. The van der Waals surface area contributed by atoms with E-state index in [1.807, 2.05) is 5.32 Å². The van der Waals surface area contributed by atoms with Gasteiger partial charge in [-0.3, -0.25) is 14.3 Å². The Hall–Kier alpha value is -5.08. The number of rotatable bonds is 8. The Balaban J connectivity index is 1.49. The Morgan fingerprint density at radius 3 is 2.54 bits per heavy atom. The van der Waals surface area contributed by atoms with Gasteiger partial charge in [0.05, 0.1) is 24.0 Å². The molecule has 0 radical (unpaired) electrons. The minimum Gasteiger partial charge on any atom is -0.494 e. The van der Waals surface area contributed by atoms with E-state index in [1.165, 1.54) is 38.8 Å². The smallest absolute Gasteiger partial charge is 0.435 e. The van der Waals surface area contributed by atoms with Gasteiger partial charge in [0.2, 0.25) is 5.91 Å². The number of aryl methyl sites for hydroxylation is 1. The number of carbonyl (C=O) groups excluding carboxylic acids is 2. The lowest BCUT2D eigenvalue weighted by atomic mass is 10.1. The summed E-state index contributed by atoms with van der Waals surface area (Å²) in [5.74, 6) is -1.15. The molecule has 1 aromatic carbocycles. The molecule has 3 N–H and O–H groups in total. The molecule has 1 saturated carbocycles. The van der Waals surface area contributed by atoms with Crippen LogP contribution in [0.15, 0.2) is 42.9 Å². The van der Waals surface area contributed by atoms with Crippen molar-refractivity contribution in [3.63, 3.8) is 0 Å². The lowest BCUT2D eigenvalue weighted by molar-refractivity contribution is -0.141. The van der Waals surface area contributed by atoms with E-state index in [-0.39, 0.29) is 57.4 Å². The van der Waals surface area contributed by atoms with Gasteiger partial charge in [0.15, 0.2) is 28.8 Å². The highest BCUT2D eigenvalue weighted by molar-refractivity contribution is 6.00. The molecule has 1 aliphatic carbocycles. The number of carbonyl (C=O) groups is 2. The van der Waals surface area contributed by atoms with Gasteiger partial charge in [-0.1, -0.05) is 6.07 Å². The topological polar surface area (TPSA) is 149 Å². The molecule has 3 aromatic heterocycles. The number of benzene rings is 1. The first-order chi connectivity index (χ1) is 20.7. The normalized spacial score (nSPS) is 14.4. The zero-order chi connectivity index (χ0) is 31.8. The summed E-state index contributed by atoms with van der Waals surface area (Å²) in [6.07, 6.45) is 0.473. The Labute approximate surface area is 235 Å². The quantitative estimate of drug-likeness (QED) is 0.287. The number of aromatic nitrogens is 6. The molecular weight excluding hydrogens is 543 g/mol. The summed E-state index contributed by atoms with van der Waals surface area (Å²) in [5.41, 5.74) is -0.949. The van der Waals surface area contributed by atoms with Crippen LogP contribution < -0.4 is 20.7 Å². The molecule has 212 valence electrons. The van der Waals surface area contributed by atoms with Crippen LogP contribution in [0.2, 0.25) is 0 Å². The molecule has 0 saturated heterocycles. The number of anilines is 3. The van der Waals surface area contributed by atoms with E-state index in [4.69, 9.17) is 8.85 Å². The minimum atomic E-state index is -4.68. The Kier molecular flexibility index (Phi) is 6.28. The second kappa shape index (κ2) is 10.8. The van der Waals surface area contributed by atoms with Crippen molar-refractivity contribution in [3.05, 3.63) is 54.2 Å². The third kappa shape index (κ3) is 5.78. The van der Waals surface area contributed by atoms with Crippen molar-refractivity contribution in [1.29, 1.82) is 0 Å². The van der Waals surface area contributed by atoms with Crippen LogP contribution in [0.25, 0.3) is 22.5 Å². The number of nitrogens with one attached hydrogen (secondary N) is 3. The highest BCUT2D eigenvalue weighted by Gasteiger charge is 2.37. The molecule has 12 nitrogen and oxygen atoms in total. The highest BCUT2D eigenvalue weighted by Crippen LogP contribution is 2.39. The van der Waals surface area contributed by atoms with Crippen LogP contribution >= 0.6 is 0 Å². The Morgan fingerprint density at radius 2 is 1.88 bits per heavy atom. The van der Waals surface area contributed by atoms with Crippen LogP contribution in [0.4, 0.5) is 30.4 Å². The van der Waals surface area contributed by atoms with Crippen LogP contribution in [0.3, 0.4) is 0 Å². The second-order valence-corrected chi connectivity index (χ2v) is 9.08. The molecule has 4 aromatic rings. The molecular formula is C26H24F3N9O3. The minimum absolute atomic E-state index is 0.00387. The number of halogens is 3. The maximum absolute atomic E-state index is 13.5. The molecule has 1 fully saturated rings. The first-order valence-electron chi connectivity index (χ1n) is 13.6. The fourth-order valence-corrected chi connectivity index (χ4v) is 4.04. The average molecular weight is 571 g/mol. The third-order valence-corrected chi connectivity index (χ3v) is 6.11. The van der Waals surface area contributed by atoms with Crippen molar-refractivity contribution >= 4 is 29.0 Å². The third-order valence-electron chi connectivity index (χ3n) is 6.11. The fourth-order valence-electron chi connectivity index (χ4n) is 4.04. The lowest BCUT2D eigenvalue weighted by Crippen LogP contribution is -2.22. The summed E-state index contributed by atoms with van der Waals surface area (Å²) in [4.78, 5) is 33.6. The summed E-state index contributed by atoms with van der Waals surface area (Å²) in [6, 6.07) is 6.12. The predicted molar refractivity (Wildman–Crippen MR) is 141 cm³/mol. The number of hydrogen-bond donors (Lipinski definition) is 3. The van der Waals surface area contributed by atoms with Crippen molar-refractivity contribution < 1.29 is 31.6 Å². The Morgan fingerprint density at radius 1 is 1.12 bits per heavy atom. The monoisotopic (exact) mass is 570 g/mol. The SMILES string of the molecule is [2H]C([2H])([2H])NC(=O)c1nnc(NC(=O)C2CC2)cc1Nc1cccc(-c2ncc(-c3cn(C)nc3C(F)(F)F)cn2)c1OC. The number of para-hydroxylation sites is 1. The molecule has 0 spiro atoms. The number of nitrogens with zero attached hydrogens (tertiary/aromatic N) is 6. The van der Waals surface area contributed by atoms with Gasteiger partial charge in [0.25, 0.3) is 5.91 Å². The Bertz CT molecular complexity index is 1720. The van der Waals surface area contributed by atoms with Crippen molar-refractivity contribution in [1.82, 2.24) is 35.3 Å². The van der Waals surface area contributed by atoms with Crippen molar-refractivity contribution in [2.75, 3.05) is 24.7 Å². The van der Waals surface area contributed by atoms with Gasteiger partial charge in [-0.25, -0.2) is 9.97 Å². The van der Waals surface area contributed by atoms with Crippen molar-refractivity contribution in [2.24, 2.45) is 13.0 Å². The number of ether oxygens (including phenoxy) is 1. The van der Waals surface area contributed by atoms with Crippen LogP contribution in [-0.4, -0.2) is 55.8 Å². The lowest BCUT2D eigenvalue weighted by Gasteiger charge is -2.16. The standard InChI is InChI=1S/C26H24F3N9O3/c1-30-25(40)20-18(9-19(35-36-20)34-24(39)13-7-8-13)33-17-6-4-5-15(21(17)41-3)23-31-10-14(11-32-23)16-12-38(2)37-22(16)26(27,28)29/h4-6,9-13H,7-8H2,1-3H3,(H,30,40)(H2,33,34,35,39)/i1D3. The van der Waals surface area contributed by atoms with Crippen molar-refractivity contribution in [3.8, 4) is 28.3 Å². The van der Waals surface area contributed by atoms with E-state index in [0.29, 0.717) is 5.56 Å². The van der Waals surface area contributed by atoms with Crippen molar-refractivity contribution in [2.45, 2.75) is 19.0 Å². The summed E-state index contributed by atoms with van der Waals surface area (Å²) < 4.78 is 69.2. The van der Waals surface area contributed by atoms with E-state index >= 15 is 0 Å². The zero-order valence-electron chi connectivity index (χ0n) is 24.6. The number of hydrogen-bond acceptors (Lipinski definition) is 9. The van der Waals surface area contributed by atoms with Gasteiger partial charge >= 0.3 is 6.18 Å². The molecule has 1 aliphatic rings. The van der Waals surface area contributed by atoms with E-state index in [0.717, 1.165) is 17.5 Å². The van der Waals surface area contributed by atoms with E-state index < -0.39 is 24.8 Å². The van der Waals surface area contributed by atoms with Crippen LogP contribution in [-0.2, 0) is 18.0 Å². The molecule has 41 heavy (non-hydrogen) atoms. The summed E-state index contributed by atoms with van der Waals surface area (Å²) in [5, 5.41) is 18.7.